The van der Waals surface area contributed by atoms with Gasteiger partial charge in [-0.1, -0.05) is 90.2 Å². The first-order chi connectivity index (χ1) is 16.8. The van der Waals surface area contributed by atoms with Crippen LogP contribution in [0.3, 0.4) is 0 Å². The van der Waals surface area contributed by atoms with Crippen molar-refractivity contribution in [2.75, 3.05) is 13.2 Å². The summed E-state index contributed by atoms with van der Waals surface area (Å²) in [6.07, 6.45) is 19.7. The van der Waals surface area contributed by atoms with Gasteiger partial charge in [-0.3, -0.25) is 14.1 Å². The molecule has 0 aliphatic carbocycles. The molecule has 0 saturated carbocycles. The molecule has 35 heavy (non-hydrogen) atoms. The Bertz CT molecular complexity index is 602. The van der Waals surface area contributed by atoms with Crippen LogP contribution in [-0.2, 0) is 28.2 Å². The number of carbonyl (C=O) groups is 2. The standard InChI is InChI=1S/C26H49O8P/c1-3-5-7-9-11-13-15-17-19-21-26(28)34-24(23-33-35(29,30)31)22-32-25(27)20-18-16-14-12-10-8-6-4-2/h5,7,24H,3-4,6,8-23H2,1-2H3,(H2,29,30,31)/b7-5+/t24-/m1/s1. The van der Waals surface area contributed by atoms with E-state index in [0.29, 0.717) is 6.42 Å². The normalized spacial score (nSPS) is 12.7. The fraction of sp³-hybridized carbons (Fsp3) is 0.846. The van der Waals surface area contributed by atoms with Crippen molar-refractivity contribution < 1.29 is 37.9 Å². The lowest BCUT2D eigenvalue weighted by molar-refractivity contribution is -0.161. The van der Waals surface area contributed by atoms with Crippen molar-refractivity contribution in [3.8, 4) is 0 Å². The van der Waals surface area contributed by atoms with E-state index in [0.717, 1.165) is 57.8 Å². The number of unbranched alkanes of at least 4 members (excludes halogenated alkanes) is 12. The number of hydrogen-bond acceptors (Lipinski definition) is 6. The number of rotatable bonds is 24. The zero-order valence-electron chi connectivity index (χ0n) is 22.0. The molecule has 0 amide bonds. The zero-order chi connectivity index (χ0) is 26.2. The van der Waals surface area contributed by atoms with Gasteiger partial charge in [0.25, 0.3) is 0 Å². The third-order valence-corrected chi connectivity index (χ3v) is 6.03. The fourth-order valence-electron chi connectivity index (χ4n) is 3.55. The maximum atomic E-state index is 12.1. The van der Waals surface area contributed by atoms with E-state index in [1.165, 1.54) is 32.1 Å². The van der Waals surface area contributed by atoms with Crippen LogP contribution in [0.5, 0.6) is 0 Å². The number of allylic oxidation sites excluding steroid dienone is 2. The van der Waals surface area contributed by atoms with E-state index in [4.69, 9.17) is 19.3 Å². The molecule has 0 aromatic heterocycles. The second-order valence-corrected chi connectivity index (χ2v) is 10.2. The summed E-state index contributed by atoms with van der Waals surface area (Å²) in [7, 11) is -4.73. The minimum absolute atomic E-state index is 0.203. The zero-order valence-corrected chi connectivity index (χ0v) is 22.9. The number of esters is 2. The Morgan fingerprint density at radius 2 is 1.29 bits per heavy atom. The third-order valence-electron chi connectivity index (χ3n) is 5.55. The molecule has 2 N–H and O–H groups in total. The molecule has 9 heteroatoms. The average molecular weight is 521 g/mol. The van der Waals surface area contributed by atoms with Crippen molar-refractivity contribution in [2.45, 2.75) is 129 Å². The number of ether oxygens (including phenoxy) is 2. The van der Waals surface area contributed by atoms with Crippen molar-refractivity contribution in [3.05, 3.63) is 12.2 Å². The van der Waals surface area contributed by atoms with E-state index in [-0.39, 0.29) is 19.4 Å². The number of hydrogen-bond donors (Lipinski definition) is 2. The maximum absolute atomic E-state index is 12.1. The summed E-state index contributed by atoms with van der Waals surface area (Å²) in [4.78, 5) is 42.0. The lowest BCUT2D eigenvalue weighted by Gasteiger charge is -2.18. The molecule has 0 unspecified atom stereocenters. The smallest absolute Gasteiger partial charge is 0.462 e. The molecule has 0 aliphatic heterocycles. The molecular weight excluding hydrogens is 471 g/mol. The topological polar surface area (TPSA) is 119 Å². The Hall–Kier alpha value is -1.21. The van der Waals surface area contributed by atoms with E-state index >= 15 is 0 Å². The van der Waals surface area contributed by atoms with Crippen LogP contribution >= 0.6 is 7.82 Å². The average Bonchev–Trinajstić information content (AvgIpc) is 2.81. The lowest BCUT2D eigenvalue weighted by atomic mass is 10.1. The van der Waals surface area contributed by atoms with E-state index in [1.54, 1.807) is 0 Å². The fourth-order valence-corrected chi connectivity index (χ4v) is 3.91. The molecule has 0 spiro atoms. The molecule has 0 aromatic carbocycles. The van der Waals surface area contributed by atoms with Crippen molar-refractivity contribution in [3.63, 3.8) is 0 Å². The predicted molar refractivity (Wildman–Crippen MR) is 138 cm³/mol. The molecule has 1 atom stereocenters. The second kappa shape index (κ2) is 23.2. The van der Waals surface area contributed by atoms with Gasteiger partial charge < -0.3 is 19.3 Å². The molecule has 0 rings (SSSR count). The molecule has 0 bridgehead atoms. The van der Waals surface area contributed by atoms with Gasteiger partial charge in [0, 0.05) is 12.8 Å². The van der Waals surface area contributed by atoms with Crippen LogP contribution in [-0.4, -0.2) is 41.0 Å². The third kappa shape index (κ3) is 25.7. The molecular formula is C26H49O8P. The molecule has 0 radical (unpaired) electrons. The van der Waals surface area contributed by atoms with Crippen LogP contribution in [0.2, 0.25) is 0 Å². The van der Waals surface area contributed by atoms with Crippen LogP contribution < -0.4 is 0 Å². The highest BCUT2D eigenvalue weighted by Crippen LogP contribution is 2.35. The minimum Gasteiger partial charge on any atom is -0.462 e. The van der Waals surface area contributed by atoms with Gasteiger partial charge in [-0.2, -0.15) is 0 Å². The quantitative estimate of drug-likeness (QED) is 0.0619. The van der Waals surface area contributed by atoms with Crippen molar-refractivity contribution in [1.82, 2.24) is 0 Å². The predicted octanol–water partition coefficient (Wildman–Crippen LogP) is 6.78. The first-order valence-corrected chi connectivity index (χ1v) is 15.0. The summed E-state index contributed by atoms with van der Waals surface area (Å²) in [5.74, 6) is -0.906. The Morgan fingerprint density at radius 1 is 0.743 bits per heavy atom. The summed E-state index contributed by atoms with van der Waals surface area (Å²) in [5, 5.41) is 0. The van der Waals surface area contributed by atoms with E-state index < -0.39 is 32.5 Å². The maximum Gasteiger partial charge on any atom is 0.469 e. The molecule has 206 valence electrons. The summed E-state index contributed by atoms with van der Waals surface area (Å²) < 4.78 is 25.9. The van der Waals surface area contributed by atoms with Crippen molar-refractivity contribution in [1.29, 1.82) is 0 Å². The van der Waals surface area contributed by atoms with Crippen molar-refractivity contribution >= 4 is 19.8 Å². The van der Waals surface area contributed by atoms with E-state index in [2.05, 4.69) is 30.5 Å². The van der Waals surface area contributed by atoms with Gasteiger partial charge in [0.2, 0.25) is 0 Å². The second-order valence-electron chi connectivity index (χ2n) is 8.99. The minimum atomic E-state index is -4.73. The monoisotopic (exact) mass is 520 g/mol. The van der Waals surface area contributed by atoms with Gasteiger partial charge in [0.15, 0.2) is 6.10 Å². The summed E-state index contributed by atoms with van der Waals surface area (Å²) in [5.41, 5.74) is 0. The summed E-state index contributed by atoms with van der Waals surface area (Å²) in [6.45, 7) is 3.48. The van der Waals surface area contributed by atoms with E-state index in [1.807, 2.05) is 0 Å². The van der Waals surface area contributed by atoms with Crippen LogP contribution in [0.4, 0.5) is 0 Å². The molecule has 0 saturated heterocycles. The van der Waals surface area contributed by atoms with Gasteiger partial charge >= 0.3 is 19.8 Å². The Morgan fingerprint density at radius 3 is 1.86 bits per heavy atom. The van der Waals surface area contributed by atoms with Crippen LogP contribution in [0.25, 0.3) is 0 Å². The molecule has 0 aromatic rings. The number of carbonyl (C=O) groups excluding carboxylic acids is 2. The Balaban J connectivity index is 4.14. The Labute approximate surface area is 212 Å². The van der Waals surface area contributed by atoms with Crippen LogP contribution in [0.15, 0.2) is 12.2 Å². The SMILES string of the molecule is CC/C=C/CCCCCCCC(=O)O[C@H](COC(=O)CCCCCCCCCC)COP(=O)(O)O. The van der Waals surface area contributed by atoms with Crippen LogP contribution in [0.1, 0.15) is 123 Å². The van der Waals surface area contributed by atoms with Crippen molar-refractivity contribution in [2.24, 2.45) is 0 Å². The highest BCUT2D eigenvalue weighted by atomic mass is 31.2. The van der Waals surface area contributed by atoms with Gasteiger partial charge in [-0.05, 0) is 32.1 Å². The number of phosphoric ester groups is 1. The summed E-state index contributed by atoms with van der Waals surface area (Å²) in [6, 6.07) is 0. The number of phosphoric acid groups is 1. The van der Waals surface area contributed by atoms with E-state index in [9.17, 15) is 14.2 Å². The highest BCUT2D eigenvalue weighted by molar-refractivity contribution is 7.46. The van der Waals surface area contributed by atoms with Crippen LogP contribution in [0, 0.1) is 0 Å². The molecule has 8 nitrogen and oxygen atoms in total. The van der Waals surface area contributed by atoms with Gasteiger partial charge in [-0.25, -0.2) is 4.57 Å². The first kappa shape index (κ1) is 33.8. The van der Waals surface area contributed by atoms with Gasteiger partial charge in [0.1, 0.15) is 6.61 Å². The van der Waals surface area contributed by atoms with Gasteiger partial charge in [0.05, 0.1) is 6.61 Å². The highest BCUT2D eigenvalue weighted by Gasteiger charge is 2.22. The first-order valence-electron chi connectivity index (χ1n) is 13.5. The Kier molecular flexibility index (Phi) is 22.4. The largest absolute Gasteiger partial charge is 0.469 e. The lowest BCUT2D eigenvalue weighted by Crippen LogP contribution is -2.29. The molecule has 0 fully saturated rings. The molecule has 0 aliphatic rings. The summed E-state index contributed by atoms with van der Waals surface area (Å²) >= 11 is 0. The van der Waals surface area contributed by atoms with Gasteiger partial charge in [-0.15, -0.1) is 0 Å². The molecule has 0 heterocycles.